The molecular weight excluding hydrogens is 146 g/mol. The van der Waals surface area contributed by atoms with Gasteiger partial charge in [0.25, 0.3) is 0 Å². The normalized spacial score (nSPS) is 13.6. The molecule has 0 atom stereocenters. The fourth-order valence-corrected chi connectivity index (χ4v) is 0.791. The number of hydrogen-bond acceptors (Lipinski definition) is 4. The SMILES string of the molecule is Nc1ncnc2c1[N]C(O)=N2. The molecule has 0 unspecified atom stereocenters. The zero-order chi connectivity index (χ0) is 7.84. The van der Waals surface area contributed by atoms with Gasteiger partial charge in [0.1, 0.15) is 6.33 Å². The molecule has 0 amide bonds. The third kappa shape index (κ3) is 0.759. The second kappa shape index (κ2) is 1.82. The summed E-state index contributed by atoms with van der Waals surface area (Å²) in [4.78, 5) is 11.0. The minimum atomic E-state index is -0.327. The summed E-state index contributed by atoms with van der Waals surface area (Å²) in [6.07, 6.45) is 1.27. The van der Waals surface area contributed by atoms with Crippen LogP contribution in [0.5, 0.6) is 0 Å². The van der Waals surface area contributed by atoms with Crippen molar-refractivity contribution in [2.45, 2.75) is 0 Å². The molecule has 1 aromatic rings. The van der Waals surface area contributed by atoms with E-state index in [1.54, 1.807) is 0 Å². The van der Waals surface area contributed by atoms with Gasteiger partial charge in [-0.15, -0.1) is 0 Å². The van der Waals surface area contributed by atoms with Gasteiger partial charge in [0.05, 0.1) is 0 Å². The maximum atomic E-state index is 8.83. The fraction of sp³-hybridized carbons (Fsp3) is 0. The molecule has 1 aromatic heterocycles. The molecular formula is C5H4N5O. The van der Waals surface area contributed by atoms with E-state index in [4.69, 9.17) is 10.8 Å². The quantitative estimate of drug-likeness (QED) is 0.537. The number of aliphatic imine (C=N–C) groups is 1. The first-order valence-corrected chi connectivity index (χ1v) is 2.87. The second-order valence-corrected chi connectivity index (χ2v) is 1.95. The standard InChI is InChI=1S/C5H4N5O/c6-3-2-4(8-1-7-3)10-5(11)9-2/h1H,(H3,6,7,8,10,11). The van der Waals surface area contributed by atoms with Crippen molar-refractivity contribution in [2.24, 2.45) is 4.99 Å². The number of nitrogens with two attached hydrogens (primary N) is 1. The lowest BCUT2D eigenvalue weighted by atomic mass is 10.4. The van der Waals surface area contributed by atoms with Crippen molar-refractivity contribution < 1.29 is 5.11 Å². The van der Waals surface area contributed by atoms with Gasteiger partial charge < -0.3 is 10.8 Å². The predicted molar refractivity (Wildman–Crippen MR) is 38.0 cm³/mol. The number of nitrogens with zero attached hydrogens (tertiary/aromatic N) is 4. The Balaban J connectivity index is 2.59. The molecule has 0 aromatic carbocycles. The Morgan fingerprint density at radius 2 is 2.18 bits per heavy atom. The van der Waals surface area contributed by atoms with Crippen LogP contribution >= 0.6 is 0 Å². The molecule has 0 saturated carbocycles. The van der Waals surface area contributed by atoms with E-state index >= 15 is 0 Å². The number of aliphatic hydroxyl groups excluding tert-OH is 1. The molecule has 2 heterocycles. The topological polar surface area (TPSA) is 98.5 Å². The Bertz CT molecular complexity index is 334. The van der Waals surface area contributed by atoms with Crippen LogP contribution in [0.15, 0.2) is 11.3 Å². The van der Waals surface area contributed by atoms with Gasteiger partial charge in [0.15, 0.2) is 17.3 Å². The van der Waals surface area contributed by atoms with Crippen LogP contribution in [0.4, 0.5) is 17.3 Å². The summed E-state index contributed by atoms with van der Waals surface area (Å²) in [5.74, 6) is 0.540. The van der Waals surface area contributed by atoms with Crippen molar-refractivity contribution in [3.8, 4) is 0 Å². The number of anilines is 1. The van der Waals surface area contributed by atoms with Crippen molar-refractivity contribution in [3.63, 3.8) is 0 Å². The smallest absolute Gasteiger partial charge is 0.316 e. The van der Waals surface area contributed by atoms with Crippen LogP contribution in [0, 0.1) is 0 Å². The molecule has 0 spiro atoms. The Hall–Kier alpha value is -1.85. The highest BCUT2D eigenvalue weighted by molar-refractivity contribution is 5.91. The molecule has 1 radical (unpaired) electrons. The number of nitrogen functional groups attached to an aromatic ring is 1. The first-order chi connectivity index (χ1) is 5.27. The van der Waals surface area contributed by atoms with Crippen LogP contribution in [0.2, 0.25) is 0 Å². The molecule has 11 heavy (non-hydrogen) atoms. The third-order valence-electron chi connectivity index (χ3n) is 1.25. The summed E-state index contributed by atoms with van der Waals surface area (Å²) >= 11 is 0. The second-order valence-electron chi connectivity index (χ2n) is 1.95. The lowest BCUT2D eigenvalue weighted by molar-refractivity contribution is 0.533. The highest BCUT2D eigenvalue weighted by atomic mass is 16.3. The van der Waals surface area contributed by atoms with Crippen LogP contribution in [0.1, 0.15) is 0 Å². The summed E-state index contributed by atoms with van der Waals surface area (Å²) in [7, 11) is 0. The third-order valence-corrected chi connectivity index (χ3v) is 1.25. The van der Waals surface area contributed by atoms with Crippen molar-refractivity contribution in [2.75, 3.05) is 5.73 Å². The lowest BCUT2D eigenvalue weighted by Crippen LogP contribution is -2.05. The highest BCUT2D eigenvalue weighted by Gasteiger charge is 2.19. The lowest BCUT2D eigenvalue weighted by Gasteiger charge is -1.95. The molecule has 55 valence electrons. The minimum absolute atomic E-state index is 0.225. The number of hydrogen-bond donors (Lipinski definition) is 2. The van der Waals surface area contributed by atoms with E-state index in [0.29, 0.717) is 11.5 Å². The molecule has 1 aliphatic heterocycles. The van der Waals surface area contributed by atoms with E-state index < -0.39 is 0 Å². The highest BCUT2D eigenvalue weighted by Crippen LogP contribution is 2.30. The van der Waals surface area contributed by atoms with Gasteiger partial charge in [-0.1, -0.05) is 0 Å². The summed E-state index contributed by atoms with van der Waals surface area (Å²) < 4.78 is 0. The Labute approximate surface area is 61.8 Å². The van der Waals surface area contributed by atoms with Crippen LogP contribution in [-0.4, -0.2) is 21.1 Å². The Morgan fingerprint density at radius 1 is 1.36 bits per heavy atom. The average molecular weight is 150 g/mol. The number of aromatic nitrogens is 2. The van der Waals surface area contributed by atoms with Crippen molar-refractivity contribution in [3.05, 3.63) is 6.33 Å². The van der Waals surface area contributed by atoms with E-state index in [2.05, 4.69) is 20.3 Å². The van der Waals surface area contributed by atoms with Gasteiger partial charge in [0, 0.05) is 0 Å². The van der Waals surface area contributed by atoms with Crippen molar-refractivity contribution >= 4 is 23.3 Å². The van der Waals surface area contributed by atoms with Crippen LogP contribution < -0.4 is 11.1 Å². The zero-order valence-corrected chi connectivity index (χ0v) is 5.39. The molecule has 0 saturated heterocycles. The molecule has 6 nitrogen and oxygen atoms in total. The number of rotatable bonds is 0. The molecule has 0 fully saturated rings. The van der Waals surface area contributed by atoms with Gasteiger partial charge in [-0.25, -0.2) is 9.97 Å². The summed E-state index contributed by atoms with van der Waals surface area (Å²) in [5, 5.41) is 12.4. The van der Waals surface area contributed by atoms with E-state index in [-0.39, 0.29) is 11.8 Å². The van der Waals surface area contributed by atoms with Gasteiger partial charge in [-0.3, -0.25) is 0 Å². The van der Waals surface area contributed by atoms with Gasteiger partial charge in [-0.2, -0.15) is 10.3 Å². The minimum Gasteiger partial charge on any atom is -0.479 e. The van der Waals surface area contributed by atoms with Crippen molar-refractivity contribution in [1.82, 2.24) is 15.3 Å². The van der Waals surface area contributed by atoms with Gasteiger partial charge in [0.2, 0.25) is 0 Å². The molecule has 6 heteroatoms. The fourth-order valence-electron chi connectivity index (χ4n) is 0.791. The van der Waals surface area contributed by atoms with Gasteiger partial charge in [-0.05, 0) is 0 Å². The number of aliphatic hydroxyl groups is 1. The number of fused-ring (bicyclic) bond motifs is 1. The van der Waals surface area contributed by atoms with E-state index in [9.17, 15) is 0 Å². The van der Waals surface area contributed by atoms with Crippen LogP contribution in [-0.2, 0) is 0 Å². The maximum Gasteiger partial charge on any atom is 0.316 e. The summed E-state index contributed by atoms with van der Waals surface area (Å²) in [6, 6.07) is -0.327. The first-order valence-electron chi connectivity index (χ1n) is 2.87. The van der Waals surface area contributed by atoms with E-state index in [1.807, 2.05) is 0 Å². The Kier molecular flexibility index (Phi) is 0.974. The van der Waals surface area contributed by atoms with E-state index in [1.165, 1.54) is 6.33 Å². The average Bonchev–Trinajstić information content (AvgIpc) is 2.31. The molecule has 3 N–H and O–H groups in total. The van der Waals surface area contributed by atoms with Gasteiger partial charge >= 0.3 is 6.02 Å². The largest absolute Gasteiger partial charge is 0.479 e. The zero-order valence-electron chi connectivity index (χ0n) is 5.39. The molecule has 0 bridgehead atoms. The molecule has 0 aliphatic carbocycles. The van der Waals surface area contributed by atoms with E-state index in [0.717, 1.165) is 0 Å². The summed E-state index contributed by atoms with van der Waals surface area (Å²) in [5.41, 5.74) is 5.74. The van der Waals surface area contributed by atoms with Crippen LogP contribution in [0.25, 0.3) is 0 Å². The van der Waals surface area contributed by atoms with Crippen molar-refractivity contribution in [1.29, 1.82) is 0 Å². The summed E-state index contributed by atoms with van der Waals surface area (Å²) in [6.45, 7) is 0. The Morgan fingerprint density at radius 3 is 2.91 bits per heavy atom. The molecule has 2 rings (SSSR count). The monoisotopic (exact) mass is 150 g/mol. The molecule has 1 aliphatic rings. The van der Waals surface area contributed by atoms with Crippen LogP contribution in [0.3, 0.4) is 0 Å². The first kappa shape index (κ1) is 5.90. The predicted octanol–water partition coefficient (Wildman–Crippen LogP) is -0.146. The number of amidine groups is 1. The maximum absolute atomic E-state index is 8.83.